The predicted molar refractivity (Wildman–Crippen MR) is 69.5 cm³/mol. The molecule has 1 aliphatic heterocycles. The molecule has 1 aromatic heterocycles. The van der Waals surface area contributed by atoms with Crippen molar-refractivity contribution in [3.05, 3.63) is 21.3 Å². The Morgan fingerprint density at radius 1 is 1.65 bits per heavy atom. The Morgan fingerprint density at radius 3 is 3.06 bits per heavy atom. The third-order valence-corrected chi connectivity index (χ3v) is 4.29. The summed E-state index contributed by atoms with van der Waals surface area (Å²) in [4.78, 5) is 3.43. The number of rotatable bonds is 4. The summed E-state index contributed by atoms with van der Waals surface area (Å²) in [6.45, 7) is 2.80. The molecule has 0 bridgehead atoms. The highest BCUT2D eigenvalue weighted by molar-refractivity contribution is 7.16. The van der Waals surface area contributed by atoms with Gasteiger partial charge in [0.2, 0.25) is 0 Å². The lowest BCUT2D eigenvalue weighted by Crippen LogP contribution is -2.47. The van der Waals surface area contributed by atoms with Gasteiger partial charge in [-0.1, -0.05) is 11.6 Å². The van der Waals surface area contributed by atoms with Crippen LogP contribution >= 0.6 is 22.9 Å². The minimum atomic E-state index is -0.103. The van der Waals surface area contributed by atoms with Gasteiger partial charge < -0.3 is 15.6 Å². The van der Waals surface area contributed by atoms with Gasteiger partial charge >= 0.3 is 0 Å². The second kappa shape index (κ2) is 6.13. The normalized spacial score (nSPS) is 23.8. The van der Waals surface area contributed by atoms with Crippen LogP contribution in [0.5, 0.6) is 0 Å². The molecule has 3 N–H and O–H groups in total. The highest BCUT2D eigenvalue weighted by Crippen LogP contribution is 2.30. The number of halogens is 1. The molecule has 1 aliphatic rings. The summed E-state index contributed by atoms with van der Waals surface area (Å²) in [6.07, 6.45) is -0.103. The molecule has 0 radical (unpaired) electrons. The summed E-state index contributed by atoms with van der Waals surface area (Å²) < 4.78 is 6.22. The van der Waals surface area contributed by atoms with E-state index in [4.69, 9.17) is 27.2 Å². The monoisotopic (exact) mass is 276 g/mol. The van der Waals surface area contributed by atoms with E-state index in [-0.39, 0.29) is 18.8 Å². The molecule has 0 amide bonds. The van der Waals surface area contributed by atoms with Crippen molar-refractivity contribution in [3.8, 4) is 0 Å². The first-order chi connectivity index (χ1) is 8.24. The van der Waals surface area contributed by atoms with E-state index in [1.165, 1.54) is 4.88 Å². The van der Waals surface area contributed by atoms with Gasteiger partial charge in [-0.25, -0.2) is 0 Å². The van der Waals surface area contributed by atoms with E-state index in [1.807, 2.05) is 12.1 Å². The highest BCUT2D eigenvalue weighted by atomic mass is 35.5. The van der Waals surface area contributed by atoms with Crippen molar-refractivity contribution < 1.29 is 9.84 Å². The van der Waals surface area contributed by atoms with E-state index in [1.54, 1.807) is 11.3 Å². The van der Waals surface area contributed by atoms with Crippen molar-refractivity contribution in [3.63, 3.8) is 0 Å². The number of nitrogens with two attached hydrogens (primary N) is 1. The van der Waals surface area contributed by atoms with Crippen LogP contribution in [0, 0.1) is 0 Å². The first kappa shape index (κ1) is 13.3. The smallest absolute Gasteiger partial charge is 0.0933 e. The van der Waals surface area contributed by atoms with E-state index in [2.05, 4.69) is 4.90 Å². The van der Waals surface area contributed by atoms with Crippen LogP contribution in [-0.4, -0.2) is 49.0 Å². The maximum absolute atomic E-state index is 9.14. The van der Waals surface area contributed by atoms with Crippen LogP contribution in [0.3, 0.4) is 0 Å². The average Bonchev–Trinajstić information content (AvgIpc) is 2.77. The molecule has 4 nitrogen and oxygen atoms in total. The molecule has 6 heteroatoms. The SMILES string of the molecule is NCC(c1ccc(Cl)s1)N1CCOC(CO)C1. The van der Waals surface area contributed by atoms with Crippen LogP contribution in [0.15, 0.2) is 12.1 Å². The Kier molecular flexibility index (Phi) is 4.78. The summed E-state index contributed by atoms with van der Waals surface area (Å²) >= 11 is 7.51. The number of ether oxygens (including phenoxy) is 1. The minimum absolute atomic E-state index is 0.0546. The molecule has 1 saturated heterocycles. The lowest BCUT2D eigenvalue weighted by atomic mass is 10.1. The van der Waals surface area contributed by atoms with Crippen LogP contribution in [0.1, 0.15) is 10.9 Å². The van der Waals surface area contributed by atoms with Crippen molar-refractivity contribution in [2.24, 2.45) is 5.73 Å². The zero-order valence-corrected chi connectivity index (χ0v) is 11.1. The number of aliphatic hydroxyl groups is 1. The van der Waals surface area contributed by atoms with Gasteiger partial charge in [0, 0.05) is 24.5 Å². The van der Waals surface area contributed by atoms with Gasteiger partial charge in [-0.05, 0) is 12.1 Å². The standard InChI is InChI=1S/C11H17ClN2O2S/c12-11-2-1-10(17-11)9(5-13)14-3-4-16-8(6-14)7-15/h1-2,8-9,15H,3-7,13H2. The maximum atomic E-state index is 9.14. The summed E-state index contributed by atoms with van der Waals surface area (Å²) in [5.74, 6) is 0. The number of nitrogens with zero attached hydrogens (tertiary/aromatic N) is 1. The largest absolute Gasteiger partial charge is 0.394 e. The Bertz CT molecular complexity index is 361. The van der Waals surface area contributed by atoms with Gasteiger partial charge in [-0.3, -0.25) is 4.90 Å². The molecule has 1 aromatic rings. The molecule has 0 aliphatic carbocycles. The zero-order valence-electron chi connectivity index (χ0n) is 9.51. The number of hydrogen-bond acceptors (Lipinski definition) is 5. The van der Waals surface area contributed by atoms with Crippen molar-refractivity contribution in [1.29, 1.82) is 0 Å². The fraction of sp³-hybridized carbons (Fsp3) is 0.636. The Balaban J connectivity index is 2.07. The minimum Gasteiger partial charge on any atom is -0.394 e. The molecular formula is C11H17ClN2O2S. The van der Waals surface area contributed by atoms with Gasteiger partial charge in [0.1, 0.15) is 0 Å². The lowest BCUT2D eigenvalue weighted by Gasteiger charge is -2.36. The summed E-state index contributed by atoms with van der Waals surface area (Å²) in [7, 11) is 0. The molecule has 2 heterocycles. The highest BCUT2D eigenvalue weighted by Gasteiger charge is 2.27. The van der Waals surface area contributed by atoms with Gasteiger partial charge in [-0.15, -0.1) is 11.3 Å². The molecule has 17 heavy (non-hydrogen) atoms. The molecule has 96 valence electrons. The molecule has 0 saturated carbocycles. The van der Waals surface area contributed by atoms with Crippen LogP contribution in [-0.2, 0) is 4.74 Å². The molecule has 2 unspecified atom stereocenters. The third-order valence-electron chi connectivity index (χ3n) is 2.96. The predicted octanol–water partition coefficient (Wildman–Crippen LogP) is 1.09. The van der Waals surface area contributed by atoms with E-state index >= 15 is 0 Å². The molecule has 2 rings (SSSR count). The Labute approximate surface area is 110 Å². The molecule has 2 atom stereocenters. The average molecular weight is 277 g/mol. The molecule has 1 fully saturated rings. The van der Waals surface area contributed by atoms with Crippen LogP contribution in [0.4, 0.5) is 0 Å². The zero-order chi connectivity index (χ0) is 12.3. The van der Waals surface area contributed by atoms with E-state index in [0.717, 1.165) is 10.9 Å². The van der Waals surface area contributed by atoms with E-state index in [0.29, 0.717) is 19.7 Å². The molecule has 0 aromatic carbocycles. The Morgan fingerprint density at radius 2 is 2.47 bits per heavy atom. The van der Waals surface area contributed by atoms with Gasteiger partial charge in [0.05, 0.1) is 29.7 Å². The summed E-state index contributed by atoms with van der Waals surface area (Å²) in [5, 5.41) is 9.14. The number of aliphatic hydroxyl groups excluding tert-OH is 1. The summed E-state index contributed by atoms with van der Waals surface area (Å²) in [6, 6.07) is 4.09. The molecule has 0 spiro atoms. The van der Waals surface area contributed by atoms with Gasteiger partial charge in [-0.2, -0.15) is 0 Å². The second-order valence-corrected chi connectivity index (χ2v) is 5.81. The maximum Gasteiger partial charge on any atom is 0.0933 e. The fourth-order valence-corrected chi connectivity index (χ4v) is 3.30. The second-order valence-electron chi connectivity index (χ2n) is 4.06. The van der Waals surface area contributed by atoms with Crippen molar-refractivity contribution >= 4 is 22.9 Å². The molecular weight excluding hydrogens is 260 g/mol. The third kappa shape index (κ3) is 3.19. The van der Waals surface area contributed by atoms with Gasteiger partial charge in [0.25, 0.3) is 0 Å². The summed E-state index contributed by atoms with van der Waals surface area (Å²) in [5.41, 5.74) is 5.85. The first-order valence-corrected chi connectivity index (χ1v) is 6.86. The first-order valence-electron chi connectivity index (χ1n) is 5.66. The van der Waals surface area contributed by atoms with E-state index in [9.17, 15) is 0 Å². The topological polar surface area (TPSA) is 58.7 Å². The fourth-order valence-electron chi connectivity index (χ4n) is 2.09. The Hall–Kier alpha value is -0.170. The quantitative estimate of drug-likeness (QED) is 0.865. The number of morpholine rings is 1. The van der Waals surface area contributed by atoms with Crippen LogP contribution < -0.4 is 5.73 Å². The van der Waals surface area contributed by atoms with Crippen molar-refractivity contribution in [2.75, 3.05) is 32.8 Å². The van der Waals surface area contributed by atoms with Crippen LogP contribution in [0.2, 0.25) is 4.34 Å². The lowest BCUT2D eigenvalue weighted by molar-refractivity contribution is -0.0639. The number of hydrogen-bond donors (Lipinski definition) is 2. The number of thiophene rings is 1. The van der Waals surface area contributed by atoms with Crippen LogP contribution in [0.25, 0.3) is 0 Å². The van der Waals surface area contributed by atoms with E-state index < -0.39 is 0 Å². The van der Waals surface area contributed by atoms with Gasteiger partial charge in [0.15, 0.2) is 0 Å². The van der Waals surface area contributed by atoms with Crippen molar-refractivity contribution in [1.82, 2.24) is 4.90 Å². The van der Waals surface area contributed by atoms with Crippen molar-refractivity contribution in [2.45, 2.75) is 12.1 Å².